The highest BCUT2D eigenvalue weighted by Crippen LogP contribution is 2.26. The van der Waals surface area contributed by atoms with Crippen LogP contribution >= 0.6 is 11.3 Å². The Kier molecular flexibility index (Phi) is 3.39. The van der Waals surface area contributed by atoms with Gasteiger partial charge in [0.05, 0.1) is 0 Å². The van der Waals surface area contributed by atoms with Crippen molar-refractivity contribution in [2.75, 3.05) is 5.32 Å². The Morgan fingerprint density at radius 2 is 2.06 bits per heavy atom. The molecule has 0 aliphatic heterocycles. The van der Waals surface area contributed by atoms with Gasteiger partial charge in [-0.2, -0.15) is 0 Å². The van der Waals surface area contributed by atoms with E-state index in [9.17, 15) is 9.18 Å². The fourth-order valence-corrected chi connectivity index (χ4v) is 2.33. The molecule has 1 heterocycles. The lowest BCUT2D eigenvalue weighted by molar-refractivity contribution is 0.210. The van der Waals surface area contributed by atoms with Crippen molar-refractivity contribution in [1.82, 2.24) is 0 Å². The number of hydrogen-bond donors (Lipinski definition) is 2. The van der Waals surface area contributed by atoms with Crippen LogP contribution in [0.2, 0.25) is 0 Å². The summed E-state index contributed by atoms with van der Waals surface area (Å²) in [6.45, 7) is 0. The molecule has 88 valence electrons. The Balaban J connectivity index is 2.22. The van der Waals surface area contributed by atoms with Gasteiger partial charge in [-0.3, -0.25) is 5.32 Å². The lowest BCUT2D eigenvalue weighted by atomic mass is 10.1. The molecule has 0 saturated carbocycles. The summed E-state index contributed by atoms with van der Waals surface area (Å²) in [4.78, 5) is 10.6. The second kappa shape index (κ2) is 4.97. The molecular weight excluding hydrogens is 241 g/mol. The van der Waals surface area contributed by atoms with Crippen molar-refractivity contribution in [2.24, 2.45) is 0 Å². The van der Waals surface area contributed by atoms with Crippen LogP contribution in [0.25, 0.3) is 0 Å². The van der Waals surface area contributed by atoms with Crippen molar-refractivity contribution in [2.45, 2.75) is 6.42 Å². The maximum absolute atomic E-state index is 13.4. The number of rotatable bonds is 3. The lowest BCUT2D eigenvalue weighted by Crippen LogP contribution is -2.07. The topological polar surface area (TPSA) is 49.3 Å². The van der Waals surface area contributed by atoms with Gasteiger partial charge in [-0.05, 0) is 28.6 Å². The maximum Gasteiger partial charge on any atom is 0.409 e. The second-order valence-electron chi connectivity index (χ2n) is 3.47. The molecule has 1 aromatic carbocycles. The van der Waals surface area contributed by atoms with Crippen LogP contribution in [0.1, 0.15) is 11.1 Å². The van der Waals surface area contributed by atoms with Crippen molar-refractivity contribution in [1.29, 1.82) is 0 Å². The minimum Gasteiger partial charge on any atom is -0.465 e. The number of carboxylic acid groups (broad SMARTS) is 1. The van der Waals surface area contributed by atoms with Crippen molar-refractivity contribution in [3.8, 4) is 0 Å². The SMILES string of the molecule is O=C(O)Nc1sccc1Cc1ccccc1F. The van der Waals surface area contributed by atoms with E-state index in [1.165, 1.54) is 17.4 Å². The largest absolute Gasteiger partial charge is 0.465 e. The van der Waals surface area contributed by atoms with Crippen LogP contribution in [0.4, 0.5) is 14.2 Å². The molecule has 0 saturated heterocycles. The molecule has 2 aromatic rings. The summed E-state index contributed by atoms with van der Waals surface area (Å²) >= 11 is 1.29. The summed E-state index contributed by atoms with van der Waals surface area (Å²) in [7, 11) is 0. The van der Waals surface area contributed by atoms with E-state index >= 15 is 0 Å². The van der Waals surface area contributed by atoms with E-state index in [0.717, 1.165) is 5.56 Å². The summed E-state index contributed by atoms with van der Waals surface area (Å²) in [6, 6.07) is 8.27. The van der Waals surface area contributed by atoms with E-state index in [2.05, 4.69) is 5.32 Å². The van der Waals surface area contributed by atoms with Gasteiger partial charge in [-0.15, -0.1) is 11.3 Å². The van der Waals surface area contributed by atoms with Crippen molar-refractivity contribution >= 4 is 22.4 Å². The molecule has 17 heavy (non-hydrogen) atoms. The highest BCUT2D eigenvalue weighted by Gasteiger charge is 2.09. The lowest BCUT2D eigenvalue weighted by Gasteiger charge is -2.04. The number of carbonyl (C=O) groups is 1. The first kappa shape index (κ1) is 11.6. The third-order valence-corrected chi connectivity index (χ3v) is 3.18. The van der Waals surface area contributed by atoms with Crippen LogP contribution < -0.4 is 5.32 Å². The van der Waals surface area contributed by atoms with Crippen LogP contribution in [0.3, 0.4) is 0 Å². The minimum absolute atomic E-state index is 0.278. The summed E-state index contributed by atoms with van der Waals surface area (Å²) in [6.07, 6.45) is -0.728. The van der Waals surface area contributed by atoms with Gasteiger partial charge in [-0.25, -0.2) is 9.18 Å². The molecule has 0 aliphatic carbocycles. The minimum atomic E-state index is -1.11. The van der Waals surface area contributed by atoms with E-state index < -0.39 is 6.09 Å². The van der Waals surface area contributed by atoms with Gasteiger partial charge < -0.3 is 5.11 Å². The molecule has 1 amide bonds. The standard InChI is InChI=1S/C12H10FNO2S/c13-10-4-2-1-3-8(10)7-9-5-6-17-11(9)14-12(15)16/h1-6,14H,7H2,(H,15,16). The predicted octanol–water partition coefficient (Wildman–Crippen LogP) is 3.57. The second-order valence-corrected chi connectivity index (χ2v) is 4.39. The van der Waals surface area contributed by atoms with E-state index in [4.69, 9.17) is 5.11 Å². The number of anilines is 1. The molecule has 3 nitrogen and oxygen atoms in total. The Labute approximate surface area is 102 Å². The first-order valence-corrected chi connectivity index (χ1v) is 5.84. The Morgan fingerprint density at radius 1 is 1.29 bits per heavy atom. The molecule has 5 heteroatoms. The molecule has 2 N–H and O–H groups in total. The van der Waals surface area contributed by atoms with E-state index in [1.54, 1.807) is 29.6 Å². The molecular formula is C12H10FNO2S. The Bertz CT molecular complexity index is 539. The van der Waals surface area contributed by atoms with Crippen molar-refractivity contribution < 1.29 is 14.3 Å². The molecule has 0 unspecified atom stereocenters. The Hall–Kier alpha value is -1.88. The number of benzene rings is 1. The van der Waals surface area contributed by atoms with Gasteiger partial charge >= 0.3 is 6.09 Å². The quantitative estimate of drug-likeness (QED) is 0.876. The third-order valence-electron chi connectivity index (χ3n) is 2.31. The zero-order chi connectivity index (χ0) is 12.3. The monoisotopic (exact) mass is 251 g/mol. The highest BCUT2D eigenvalue weighted by molar-refractivity contribution is 7.14. The zero-order valence-corrected chi connectivity index (χ0v) is 9.63. The predicted molar refractivity (Wildman–Crippen MR) is 65.2 cm³/mol. The Morgan fingerprint density at radius 3 is 2.76 bits per heavy atom. The van der Waals surface area contributed by atoms with Gasteiger partial charge in [0.2, 0.25) is 0 Å². The van der Waals surface area contributed by atoms with Crippen LogP contribution in [-0.4, -0.2) is 11.2 Å². The van der Waals surface area contributed by atoms with Gasteiger partial charge in [-0.1, -0.05) is 18.2 Å². The van der Waals surface area contributed by atoms with Crippen molar-refractivity contribution in [3.05, 3.63) is 52.7 Å². The van der Waals surface area contributed by atoms with E-state index in [-0.39, 0.29) is 5.82 Å². The normalized spacial score (nSPS) is 10.2. The van der Waals surface area contributed by atoms with Crippen LogP contribution in [0, 0.1) is 5.82 Å². The fourth-order valence-electron chi connectivity index (χ4n) is 1.53. The number of halogens is 1. The molecule has 0 spiro atoms. The summed E-state index contributed by atoms with van der Waals surface area (Å²) in [5, 5.41) is 13.3. The molecule has 0 bridgehead atoms. The van der Waals surface area contributed by atoms with Crippen LogP contribution in [0.15, 0.2) is 35.7 Å². The van der Waals surface area contributed by atoms with Gasteiger partial charge in [0.25, 0.3) is 0 Å². The summed E-state index contributed by atoms with van der Waals surface area (Å²) < 4.78 is 13.4. The highest BCUT2D eigenvalue weighted by atomic mass is 32.1. The van der Waals surface area contributed by atoms with Gasteiger partial charge in [0, 0.05) is 6.42 Å². The summed E-state index contributed by atoms with van der Waals surface area (Å²) in [5.74, 6) is -0.278. The van der Waals surface area contributed by atoms with E-state index in [1.807, 2.05) is 0 Å². The van der Waals surface area contributed by atoms with Gasteiger partial charge in [0.15, 0.2) is 0 Å². The number of amides is 1. The van der Waals surface area contributed by atoms with E-state index in [0.29, 0.717) is 17.0 Å². The first-order chi connectivity index (χ1) is 8.16. The smallest absolute Gasteiger partial charge is 0.409 e. The molecule has 2 rings (SSSR count). The molecule has 0 radical (unpaired) electrons. The fraction of sp³-hybridized carbons (Fsp3) is 0.0833. The molecule has 0 fully saturated rings. The van der Waals surface area contributed by atoms with Crippen LogP contribution in [0.5, 0.6) is 0 Å². The molecule has 1 aromatic heterocycles. The van der Waals surface area contributed by atoms with Gasteiger partial charge in [0.1, 0.15) is 10.8 Å². The number of thiophene rings is 1. The maximum atomic E-state index is 13.4. The van der Waals surface area contributed by atoms with Crippen LogP contribution in [-0.2, 0) is 6.42 Å². The average molecular weight is 251 g/mol. The summed E-state index contributed by atoms with van der Waals surface area (Å²) in [5.41, 5.74) is 1.34. The van der Waals surface area contributed by atoms with Crippen molar-refractivity contribution in [3.63, 3.8) is 0 Å². The number of nitrogens with one attached hydrogen (secondary N) is 1. The first-order valence-electron chi connectivity index (χ1n) is 4.96. The zero-order valence-electron chi connectivity index (χ0n) is 8.81. The third kappa shape index (κ3) is 2.82. The molecule has 0 aliphatic rings. The average Bonchev–Trinajstić information content (AvgIpc) is 2.68. The molecule has 0 atom stereocenters. The number of hydrogen-bond acceptors (Lipinski definition) is 2.